The highest BCUT2D eigenvalue weighted by atomic mass is 127. The lowest BCUT2D eigenvalue weighted by Gasteiger charge is -2.31. The van der Waals surface area contributed by atoms with E-state index in [0.29, 0.717) is 25.6 Å². The molecule has 3 rings (SSSR count). The van der Waals surface area contributed by atoms with E-state index in [2.05, 4.69) is 25.8 Å². The molecular weight excluding hydrogens is 489 g/mol. The van der Waals surface area contributed by atoms with Crippen LogP contribution in [0.3, 0.4) is 0 Å². The molecule has 1 aromatic carbocycles. The summed E-state index contributed by atoms with van der Waals surface area (Å²) >= 11 is 0. The third-order valence-electron chi connectivity index (χ3n) is 5.53. The molecule has 0 aliphatic heterocycles. The number of hydrogen-bond donors (Lipinski definition) is 2. The number of aromatic nitrogens is 3. The van der Waals surface area contributed by atoms with Crippen LogP contribution in [0.5, 0.6) is 0 Å². The monoisotopic (exact) mass is 518 g/mol. The van der Waals surface area contributed by atoms with E-state index in [1.807, 2.05) is 11.5 Å². The van der Waals surface area contributed by atoms with Crippen molar-refractivity contribution in [3.05, 3.63) is 47.5 Å². The van der Waals surface area contributed by atoms with Gasteiger partial charge in [0, 0.05) is 44.1 Å². The topological polar surface area (TPSA) is 67.1 Å². The molecule has 1 aliphatic rings. The molecule has 0 spiro atoms. The van der Waals surface area contributed by atoms with E-state index in [4.69, 9.17) is 0 Å². The van der Waals surface area contributed by atoms with E-state index < -0.39 is 17.0 Å². The van der Waals surface area contributed by atoms with Crippen molar-refractivity contribution in [1.29, 1.82) is 0 Å². The number of nitrogens with zero attached hydrogens (tertiary/aromatic N) is 4. The number of aliphatic imine (C=N–C) groups is 1. The molecule has 2 N–H and O–H groups in total. The van der Waals surface area contributed by atoms with Gasteiger partial charge >= 0.3 is 0 Å². The van der Waals surface area contributed by atoms with Gasteiger partial charge in [-0.3, -0.25) is 4.99 Å². The minimum absolute atomic E-state index is 0. The molecule has 2 aromatic rings. The van der Waals surface area contributed by atoms with Crippen molar-refractivity contribution >= 4 is 29.9 Å². The Morgan fingerprint density at radius 3 is 2.52 bits per heavy atom. The maximum atomic E-state index is 14.5. The Morgan fingerprint density at radius 2 is 1.90 bits per heavy atom. The van der Waals surface area contributed by atoms with Gasteiger partial charge < -0.3 is 15.2 Å². The Bertz CT molecular complexity index is 797. The maximum Gasteiger partial charge on any atom is 0.191 e. The largest absolute Gasteiger partial charge is 0.356 e. The first-order valence-corrected chi connectivity index (χ1v) is 9.85. The Labute approximate surface area is 187 Å². The lowest BCUT2D eigenvalue weighted by Crippen LogP contribution is -2.46. The van der Waals surface area contributed by atoms with E-state index >= 15 is 0 Å². The second-order valence-electron chi connectivity index (χ2n) is 7.23. The highest BCUT2D eigenvalue weighted by Crippen LogP contribution is 2.42. The van der Waals surface area contributed by atoms with Crippen LogP contribution in [-0.2, 0) is 18.4 Å². The summed E-state index contributed by atoms with van der Waals surface area (Å²) in [5, 5.41) is 14.5. The molecule has 0 atom stereocenters. The molecule has 1 saturated carbocycles. The van der Waals surface area contributed by atoms with Crippen LogP contribution in [-0.4, -0.2) is 40.9 Å². The van der Waals surface area contributed by atoms with Gasteiger partial charge in [-0.25, -0.2) is 8.78 Å². The van der Waals surface area contributed by atoms with Crippen LogP contribution in [0.15, 0.2) is 29.5 Å². The Balaban J connectivity index is 0.00000300. The van der Waals surface area contributed by atoms with E-state index in [9.17, 15) is 8.78 Å². The van der Waals surface area contributed by atoms with Crippen molar-refractivity contribution in [2.45, 2.75) is 51.0 Å². The van der Waals surface area contributed by atoms with Gasteiger partial charge in [0.1, 0.15) is 23.8 Å². The molecule has 0 saturated heterocycles. The lowest BCUT2D eigenvalue weighted by molar-refractivity contribution is 0.386. The van der Waals surface area contributed by atoms with Gasteiger partial charge in [0.05, 0.1) is 0 Å². The summed E-state index contributed by atoms with van der Waals surface area (Å²) in [6, 6.07) is 4.10. The van der Waals surface area contributed by atoms with Crippen molar-refractivity contribution in [2.24, 2.45) is 4.99 Å². The lowest BCUT2D eigenvalue weighted by atomic mass is 9.78. The smallest absolute Gasteiger partial charge is 0.191 e. The fraction of sp³-hybridized carbons (Fsp3) is 0.550. The maximum absolute atomic E-state index is 14.5. The third-order valence-corrected chi connectivity index (χ3v) is 5.53. The van der Waals surface area contributed by atoms with Crippen molar-refractivity contribution < 1.29 is 8.78 Å². The predicted octanol–water partition coefficient (Wildman–Crippen LogP) is 3.41. The highest BCUT2D eigenvalue weighted by Gasteiger charge is 2.39. The summed E-state index contributed by atoms with van der Waals surface area (Å²) in [5.41, 5.74) is -0.344. The molecule has 1 aliphatic carbocycles. The van der Waals surface area contributed by atoms with Crippen molar-refractivity contribution in [3.8, 4) is 0 Å². The molecule has 1 aromatic heterocycles. The number of aryl methyl sites for hydroxylation is 1. The van der Waals surface area contributed by atoms with Crippen LogP contribution in [0.1, 0.15) is 44.0 Å². The molecule has 160 valence electrons. The van der Waals surface area contributed by atoms with Crippen molar-refractivity contribution in [3.63, 3.8) is 0 Å². The van der Waals surface area contributed by atoms with Gasteiger partial charge in [0.2, 0.25) is 0 Å². The fourth-order valence-corrected chi connectivity index (χ4v) is 4.08. The summed E-state index contributed by atoms with van der Waals surface area (Å²) in [5.74, 6) is 0.622. The minimum atomic E-state index is -0.545. The molecule has 0 bridgehead atoms. The standard InChI is InChI=1S/C20H28F2N6.HI/c1-3-17-27-26-14-28(17)12-11-24-19(23-2)25-13-20(9-4-5-10-20)18-15(21)7-6-8-16(18)22;/h6-8,14H,3-5,9-13H2,1-2H3,(H2,23,24,25);1H. The summed E-state index contributed by atoms with van der Waals surface area (Å²) in [7, 11) is 1.69. The number of benzene rings is 1. The summed E-state index contributed by atoms with van der Waals surface area (Å²) in [4.78, 5) is 4.25. The quantitative estimate of drug-likeness (QED) is 0.335. The molecule has 0 radical (unpaired) electrons. The molecule has 1 heterocycles. The van der Waals surface area contributed by atoms with Gasteiger partial charge in [-0.05, 0) is 25.0 Å². The highest BCUT2D eigenvalue weighted by molar-refractivity contribution is 14.0. The fourth-order valence-electron chi connectivity index (χ4n) is 4.08. The number of rotatable bonds is 7. The Morgan fingerprint density at radius 1 is 1.21 bits per heavy atom. The Kier molecular flexibility index (Phi) is 8.79. The summed E-state index contributed by atoms with van der Waals surface area (Å²) in [6.07, 6.45) is 5.99. The first-order chi connectivity index (χ1) is 13.6. The number of hydrogen-bond acceptors (Lipinski definition) is 3. The number of nitrogens with one attached hydrogen (secondary N) is 2. The van der Waals surface area contributed by atoms with Crippen LogP contribution in [0.4, 0.5) is 8.78 Å². The zero-order valence-corrected chi connectivity index (χ0v) is 19.2. The zero-order valence-electron chi connectivity index (χ0n) is 16.9. The van der Waals surface area contributed by atoms with Gasteiger partial charge in [0.15, 0.2) is 5.96 Å². The average Bonchev–Trinajstić information content (AvgIpc) is 3.34. The third kappa shape index (κ3) is 5.43. The summed E-state index contributed by atoms with van der Waals surface area (Å²) < 4.78 is 30.9. The van der Waals surface area contributed by atoms with Gasteiger partial charge in [-0.15, -0.1) is 34.2 Å². The van der Waals surface area contributed by atoms with E-state index in [0.717, 1.165) is 37.9 Å². The van der Waals surface area contributed by atoms with Crippen molar-refractivity contribution in [2.75, 3.05) is 20.1 Å². The van der Waals surface area contributed by atoms with Crippen LogP contribution in [0.25, 0.3) is 0 Å². The molecule has 0 unspecified atom stereocenters. The molecular formula is C20H29F2IN6. The summed E-state index contributed by atoms with van der Waals surface area (Å²) in [6.45, 7) is 3.84. The average molecular weight is 518 g/mol. The van der Waals surface area contributed by atoms with Crippen LogP contribution < -0.4 is 10.6 Å². The normalized spacial score (nSPS) is 15.8. The number of guanidine groups is 1. The molecule has 1 fully saturated rings. The van der Waals surface area contributed by atoms with Crippen molar-refractivity contribution in [1.82, 2.24) is 25.4 Å². The van der Waals surface area contributed by atoms with E-state index in [-0.39, 0.29) is 29.5 Å². The second-order valence-corrected chi connectivity index (χ2v) is 7.23. The van der Waals surface area contributed by atoms with Crippen LogP contribution >= 0.6 is 24.0 Å². The number of halogens is 3. The van der Waals surface area contributed by atoms with Crippen LogP contribution in [0.2, 0.25) is 0 Å². The zero-order chi connectivity index (χ0) is 20.0. The van der Waals surface area contributed by atoms with E-state index in [1.165, 1.54) is 18.2 Å². The van der Waals surface area contributed by atoms with E-state index in [1.54, 1.807) is 13.4 Å². The molecule has 0 amide bonds. The predicted molar refractivity (Wildman–Crippen MR) is 121 cm³/mol. The van der Waals surface area contributed by atoms with Gasteiger partial charge in [-0.2, -0.15) is 0 Å². The van der Waals surface area contributed by atoms with Crippen LogP contribution in [0, 0.1) is 11.6 Å². The molecule has 29 heavy (non-hydrogen) atoms. The first kappa shape index (κ1) is 23.5. The molecule has 9 heteroatoms. The van der Waals surface area contributed by atoms with Gasteiger partial charge in [-0.1, -0.05) is 25.8 Å². The second kappa shape index (κ2) is 10.8. The van der Waals surface area contributed by atoms with Gasteiger partial charge in [0.25, 0.3) is 0 Å². The SMILES string of the molecule is CCc1nncn1CCNC(=NC)NCC1(c2c(F)cccc2F)CCCC1.I. The molecule has 6 nitrogen and oxygen atoms in total. The Hall–Kier alpha value is -1.78. The minimum Gasteiger partial charge on any atom is -0.356 e. The first-order valence-electron chi connectivity index (χ1n) is 9.85.